The van der Waals surface area contributed by atoms with Crippen molar-refractivity contribution in [2.45, 2.75) is 57.4 Å². The lowest BCUT2D eigenvalue weighted by Gasteiger charge is -2.18. The zero-order valence-corrected chi connectivity index (χ0v) is 22.3. The molecule has 8 heteroatoms. The Morgan fingerprint density at radius 2 is 1.94 bits per heavy atom. The molecule has 1 aliphatic carbocycles. The Morgan fingerprint density at radius 1 is 1.14 bits per heavy atom. The minimum atomic E-state index is -0.529. The number of ketones is 1. The third kappa shape index (κ3) is 4.51. The number of fused-ring (bicyclic) bond motifs is 3. The normalized spacial score (nSPS) is 13.6. The topological polar surface area (TPSA) is 81.1 Å². The molecule has 2 heterocycles. The van der Waals surface area contributed by atoms with Crippen molar-refractivity contribution in [2.24, 2.45) is 0 Å². The Bertz CT molecular complexity index is 1590. The van der Waals surface area contributed by atoms with Crippen molar-refractivity contribution < 1.29 is 9.59 Å². The molecule has 6 nitrogen and oxygen atoms in total. The number of hydrogen-bond acceptors (Lipinski definition) is 6. The molecule has 2 aromatic carbocycles. The average molecular weight is 518 g/mol. The zero-order valence-electron chi connectivity index (χ0n) is 20.7. The van der Waals surface area contributed by atoms with E-state index >= 15 is 0 Å². The second-order valence-corrected chi connectivity index (χ2v) is 11.6. The largest absolute Gasteiger partial charge is 0.325 e. The van der Waals surface area contributed by atoms with Gasteiger partial charge in [0, 0.05) is 16.1 Å². The smallest absolute Gasteiger partial charge is 0.267 e. The minimum Gasteiger partial charge on any atom is -0.325 e. The summed E-state index contributed by atoms with van der Waals surface area (Å²) < 4.78 is 1.68. The van der Waals surface area contributed by atoms with Gasteiger partial charge in [0.1, 0.15) is 4.83 Å². The van der Waals surface area contributed by atoms with Gasteiger partial charge in [0.05, 0.1) is 16.3 Å². The van der Waals surface area contributed by atoms with Gasteiger partial charge in [-0.15, -0.1) is 11.3 Å². The Kier molecular flexibility index (Phi) is 6.57. The van der Waals surface area contributed by atoms with Gasteiger partial charge in [0.15, 0.2) is 10.9 Å². The molecule has 1 atom stereocenters. The number of amides is 1. The number of hydrogen-bond donors (Lipinski definition) is 1. The number of nitrogens with zero attached hydrogens (tertiary/aromatic N) is 2. The van der Waals surface area contributed by atoms with E-state index in [9.17, 15) is 14.4 Å². The summed E-state index contributed by atoms with van der Waals surface area (Å²) in [6, 6.07) is 12.9. The molecule has 0 radical (unpaired) electrons. The summed E-state index contributed by atoms with van der Waals surface area (Å²) in [5, 5.41) is 3.59. The van der Waals surface area contributed by atoms with Gasteiger partial charge in [-0.2, -0.15) is 0 Å². The summed E-state index contributed by atoms with van der Waals surface area (Å²) >= 11 is 2.86. The van der Waals surface area contributed by atoms with Gasteiger partial charge in [-0.3, -0.25) is 19.0 Å². The van der Waals surface area contributed by atoms with Crippen LogP contribution in [-0.4, -0.2) is 26.5 Å². The first kappa shape index (κ1) is 24.5. The van der Waals surface area contributed by atoms with Crippen LogP contribution in [-0.2, 0) is 17.6 Å². The summed E-state index contributed by atoms with van der Waals surface area (Å²) in [6.07, 6.45) is 2.96. The van der Waals surface area contributed by atoms with Gasteiger partial charge >= 0.3 is 0 Å². The monoisotopic (exact) mass is 517 g/mol. The first-order chi connectivity index (χ1) is 17.2. The Balaban J connectivity index is 1.55. The number of rotatable bonds is 6. The van der Waals surface area contributed by atoms with E-state index in [4.69, 9.17) is 4.98 Å². The molecule has 2 aromatic heterocycles. The number of nitrogens with one attached hydrogen (secondary N) is 1. The van der Waals surface area contributed by atoms with Crippen molar-refractivity contribution in [3.8, 4) is 5.69 Å². The lowest BCUT2D eigenvalue weighted by atomic mass is 10.1. The molecule has 0 aliphatic heterocycles. The molecule has 0 bridgehead atoms. The summed E-state index contributed by atoms with van der Waals surface area (Å²) in [4.78, 5) is 45.7. The van der Waals surface area contributed by atoms with E-state index in [-0.39, 0.29) is 17.2 Å². The van der Waals surface area contributed by atoms with Crippen LogP contribution < -0.4 is 10.9 Å². The number of carbonyl (C=O) groups excluding carboxylic acids is 2. The Labute approximate surface area is 217 Å². The van der Waals surface area contributed by atoms with Crippen molar-refractivity contribution in [2.75, 3.05) is 5.32 Å². The molecule has 0 saturated heterocycles. The molecule has 0 spiro atoms. The van der Waals surface area contributed by atoms with E-state index < -0.39 is 5.25 Å². The number of thioether (sulfide) groups is 1. The van der Waals surface area contributed by atoms with Crippen LogP contribution in [0.25, 0.3) is 15.9 Å². The van der Waals surface area contributed by atoms with E-state index in [1.165, 1.54) is 23.6 Å². The minimum absolute atomic E-state index is 0.0635. The lowest BCUT2D eigenvalue weighted by Crippen LogP contribution is -2.26. The van der Waals surface area contributed by atoms with Crippen molar-refractivity contribution in [3.05, 3.63) is 79.9 Å². The predicted octanol–water partition coefficient (Wildman–Crippen LogP) is 5.87. The van der Waals surface area contributed by atoms with Crippen LogP contribution in [0.4, 0.5) is 5.69 Å². The third-order valence-corrected chi connectivity index (χ3v) is 8.74. The fraction of sp³-hybridized carbons (Fsp3) is 0.286. The number of anilines is 1. The van der Waals surface area contributed by atoms with Gasteiger partial charge in [-0.05, 0) is 81.8 Å². The van der Waals surface area contributed by atoms with Crippen LogP contribution >= 0.6 is 23.1 Å². The highest BCUT2D eigenvalue weighted by Crippen LogP contribution is 2.37. The molecule has 0 saturated carbocycles. The number of aryl methyl sites for hydroxylation is 4. The van der Waals surface area contributed by atoms with Gasteiger partial charge in [0.2, 0.25) is 5.91 Å². The summed E-state index contributed by atoms with van der Waals surface area (Å²) in [7, 11) is 0. The van der Waals surface area contributed by atoms with Crippen LogP contribution in [0.1, 0.15) is 52.2 Å². The molecule has 1 aliphatic rings. The van der Waals surface area contributed by atoms with Gasteiger partial charge in [-0.25, -0.2) is 4.98 Å². The highest BCUT2D eigenvalue weighted by molar-refractivity contribution is 8.00. The molecule has 5 rings (SSSR count). The zero-order chi connectivity index (χ0) is 25.6. The van der Waals surface area contributed by atoms with Crippen LogP contribution in [0.15, 0.2) is 52.4 Å². The molecule has 1 unspecified atom stereocenters. The number of Topliss-reactive ketones (excluding diaryl/α,β-unsaturated/α-hetero) is 1. The highest BCUT2D eigenvalue weighted by atomic mass is 32.2. The van der Waals surface area contributed by atoms with E-state index in [0.29, 0.717) is 16.4 Å². The van der Waals surface area contributed by atoms with Crippen molar-refractivity contribution in [1.82, 2.24) is 9.55 Å². The molecule has 1 amide bonds. The number of benzene rings is 2. The van der Waals surface area contributed by atoms with Crippen molar-refractivity contribution in [1.29, 1.82) is 0 Å². The Hall–Kier alpha value is -3.23. The van der Waals surface area contributed by atoms with Crippen LogP contribution in [0.3, 0.4) is 0 Å². The molecule has 1 N–H and O–H groups in total. The standard InChI is InChI=1S/C28H27N3O3S2/c1-15-11-12-16(2)22(13-15)31-27(34)24-21-9-6-10-23(21)36-26(24)30-28(31)35-18(4)25(33)29-20-8-5-7-19(14-20)17(3)32/h5,7-8,11-14,18H,6,9-10H2,1-4H3,(H,29,33). The second kappa shape index (κ2) is 9.67. The summed E-state index contributed by atoms with van der Waals surface area (Å²) in [6.45, 7) is 7.28. The van der Waals surface area contributed by atoms with E-state index in [1.54, 1.807) is 47.1 Å². The van der Waals surface area contributed by atoms with Crippen molar-refractivity contribution >= 4 is 50.7 Å². The van der Waals surface area contributed by atoms with E-state index in [0.717, 1.165) is 51.9 Å². The first-order valence-corrected chi connectivity index (χ1v) is 13.7. The maximum Gasteiger partial charge on any atom is 0.267 e. The van der Waals surface area contributed by atoms with Crippen molar-refractivity contribution in [3.63, 3.8) is 0 Å². The van der Waals surface area contributed by atoms with Gasteiger partial charge < -0.3 is 5.32 Å². The maximum atomic E-state index is 14.0. The molecule has 4 aromatic rings. The highest BCUT2D eigenvalue weighted by Gasteiger charge is 2.26. The molecule has 184 valence electrons. The van der Waals surface area contributed by atoms with Gasteiger partial charge in [0.25, 0.3) is 5.56 Å². The van der Waals surface area contributed by atoms with E-state index in [1.807, 2.05) is 32.0 Å². The van der Waals surface area contributed by atoms with Crippen LogP contribution in [0.5, 0.6) is 0 Å². The number of thiophene rings is 1. The molecular weight excluding hydrogens is 490 g/mol. The quantitative estimate of drug-likeness (QED) is 0.196. The van der Waals surface area contributed by atoms with Gasteiger partial charge in [-0.1, -0.05) is 36.0 Å². The lowest BCUT2D eigenvalue weighted by molar-refractivity contribution is -0.115. The second-order valence-electron chi connectivity index (χ2n) is 9.25. The van der Waals surface area contributed by atoms with Crippen LogP contribution in [0, 0.1) is 13.8 Å². The first-order valence-electron chi connectivity index (χ1n) is 12.0. The molecule has 0 fully saturated rings. The SMILES string of the molecule is CC(=O)c1cccc(NC(=O)C(C)Sc2nc3sc4c(c3c(=O)n2-c2cc(C)ccc2C)CCC4)c1. The van der Waals surface area contributed by atoms with Crippen LogP contribution in [0.2, 0.25) is 0 Å². The fourth-order valence-electron chi connectivity index (χ4n) is 4.55. The summed E-state index contributed by atoms with van der Waals surface area (Å²) in [5.74, 6) is -0.289. The average Bonchev–Trinajstić information content (AvgIpc) is 3.42. The van der Waals surface area contributed by atoms with E-state index in [2.05, 4.69) is 5.32 Å². The fourth-order valence-corrected chi connectivity index (χ4v) is 6.77. The predicted molar refractivity (Wildman–Crippen MR) is 147 cm³/mol. The maximum absolute atomic E-state index is 14.0. The number of carbonyl (C=O) groups is 2. The number of aromatic nitrogens is 2. The third-order valence-electron chi connectivity index (χ3n) is 6.50. The molecule has 36 heavy (non-hydrogen) atoms. The summed E-state index contributed by atoms with van der Waals surface area (Å²) in [5.41, 5.74) is 4.97. The Morgan fingerprint density at radius 3 is 2.72 bits per heavy atom. The molecular formula is C28H27N3O3S2.